The Kier molecular flexibility index (Phi) is 5.07. The van der Waals surface area contributed by atoms with E-state index in [1.54, 1.807) is 7.11 Å². The first-order valence-electron chi connectivity index (χ1n) is 8.69. The molecule has 2 aromatic carbocycles. The van der Waals surface area contributed by atoms with Crippen LogP contribution in [0.25, 0.3) is 0 Å². The number of fused-ring (bicyclic) bond motifs is 1. The first kappa shape index (κ1) is 18.1. The molecule has 0 aromatic heterocycles. The molecule has 0 aliphatic carbocycles. The lowest BCUT2D eigenvalue weighted by Crippen LogP contribution is -2.45. The van der Waals surface area contributed by atoms with Gasteiger partial charge in [-0.15, -0.1) is 0 Å². The van der Waals surface area contributed by atoms with Crippen molar-refractivity contribution in [3.05, 3.63) is 53.6 Å². The topological polar surface area (TPSA) is 48.0 Å². The second kappa shape index (κ2) is 7.28. The van der Waals surface area contributed by atoms with Crippen molar-refractivity contribution in [2.45, 2.75) is 39.3 Å². The summed E-state index contributed by atoms with van der Waals surface area (Å²) in [4.78, 5) is 14.9. The molecule has 1 aliphatic heterocycles. The molecule has 1 amide bonds. The number of carbonyl (C=O) groups is 1. The van der Waals surface area contributed by atoms with Gasteiger partial charge < -0.3 is 19.1 Å². The van der Waals surface area contributed by atoms with Gasteiger partial charge in [-0.2, -0.15) is 0 Å². The van der Waals surface area contributed by atoms with Crippen LogP contribution in [0.4, 0.5) is 0 Å². The predicted octanol–water partition coefficient (Wildman–Crippen LogP) is 3.79. The number of methoxy groups -OCH3 is 1. The molecular weight excluding hydrogens is 330 g/mol. The second-order valence-corrected chi connectivity index (χ2v) is 7.36. The van der Waals surface area contributed by atoms with Crippen molar-refractivity contribution in [1.82, 2.24) is 4.90 Å². The van der Waals surface area contributed by atoms with Crippen LogP contribution in [0.5, 0.6) is 17.2 Å². The average molecular weight is 355 g/mol. The maximum absolute atomic E-state index is 13.0. The number of nitrogens with zero attached hydrogens (tertiary/aromatic N) is 1. The standard InChI is InChI=1S/C21H25NO4/c1-21(2,3)22(13-16-7-10-18-19(11-16)26-14-25-18)20(23)12-15-5-8-17(24-4)9-6-15/h5-11H,12-14H2,1-4H3. The summed E-state index contributed by atoms with van der Waals surface area (Å²) in [5.74, 6) is 2.36. The van der Waals surface area contributed by atoms with Gasteiger partial charge in [0.15, 0.2) is 11.5 Å². The minimum absolute atomic E-state index is 0.0836. The summed E-state index contributed by atoms with van der Waals surface area (Å²) in [6.45, 7) is 6.91. The molecule has 0 fully saturated rings. The van der Waals surface area contributed by atoms with Crippen LogP contribution in [0.15, 0.2) is 42.5 Å². The van der Waals surface area contributed by atoms with E-state index in [2.05, 4.69) is 0 Å². The van der Waals surface area contributed by atoms with Gasteiger partial charge in [0.25, 0.3) is 0 Å². The van der Waals surface area contributed by atoms with Crippen molar-refractivity contribution in [2.24, 2.45) is 0 Å². The largest absolute Gasteiger partial charge is 0.497 e. The van der Waals surface area contributed by atoms with Crippen LogP contribution in [0.1, 0.15) is 31.9 Å². The molecule has 3 rings (SSSR count). The number of ether oxygens (including phenoxy) is 3. The molecule has 5 heteroatoms. The molecule has 0 saturated heterocycles. The van der Waals surface area contributed by atoms with Gasteiger partial charge in [0.1, 0.15) is 5.75 Å². The highest BCUT2D eigenvalue weighted by atomic mass is 16.7. The molecule has 0 atom stereocenters. The van der Waals surface area contributed by atoms with Gasteiger partial charge >= 0.3 is 0 Å². The van der Waals surface area contributed by atoms with Crippen LogP contribution in [0.3, 0.4) is 0 Å². The Bertz CT molecular complexity index is 778. The van der Waals surface area contributed by atoms with Crippen LogP contribution < -0.4 is 14.2 Å². The quantitative estimate of drug-likeness (QED) is 0.819. The van der Waals surface area contributed by atoms with Crippen molar-refractivity contribution in [2.75, 3.05) is 13.9 Å². The van der Waals surface area contributed by atoms with Crippen LogP contribution in [-0.2, 0) is 17.8 Å². The van der Waals surface area contributed by atoms with Gasteiger partial charge in [-0.1, -0.05) is 18.2 Å². The normalized spacial score (nSPS) is 12.8. The molecule has 2 aromatic rings. The maximum atomic E-state index is 13.0. The molecule has 5 nitrogen and oxygen atoms in total. The molecule has 1 heterocycles. The number of benzene rings is 2. The minimum atomic E-state index is -0.292. The van der Waals surface area contributed by atoms with Gasteiger partial charge in [-0.05, 0) is 56.2 Å². The van der Waals surface area contributed by atoms with E-state index in [-0.39, 0.29) is 18.2 Å². The Morgan fingerprint density at radius 1 is 1.04 bits per heavy atom. The highest BCUT2D eigenvalue weighted by Gasteiger charge is 2.27. The van der Waals surface area contributed by atoms with Crippen molar-refractivity contribution in [1.29, 1.82) is 0 Å². The van der Waals surface area contributed by atoms with E-state index < -0.39 is 0 Å². The molecule has 0 spiro atoms. The zero-order valence-electron chi connectivity index (χ0n) is 15.7. The first-order valence-corrected chi connectivity index (χ1v) is 8.69. The minimum Gasteiger partial charge on any atom is -0.497 e. The Balaban J connectivity index is 1.75. The van der Waals surface area contributed by atoms with Crippen LogP contribution in [0.2, 0.25) is 0 Å². The van der Waals surface area contributed by atoms with Gasteiger partial charge in [-0.25, -0.2) is 0 Å². The molecule has 26 heavy (non-hydrogen) atoms. The number of carbonyl (C=O) groups excluding carboxylic acids is 1. The van der Waals surface area contributed by atoms with E-state index in [0.717, 1.165) is 28.4 Å². The fourth-order valence-corrected chi connectivity index (χ4v) is 2.93. The second-order valence-electron chi connectivity index (χ2n) is 7.36. The summed E-state index contributed by atoms with van der Waals surface area (Å²) in [7, 11) is 1.63. The summed E-state index contributed by atoms with van der Waals surface area (Å²) in [5.41, 5.74) is 1.70. The van der Waals surface area contributed by atoms with Gasteiger partial charge in [0.05, 0.1) is 13.5 Å². The lowest BCUT2D eigenvalue weighted by molar-refractivity contribution is -0.136. The summed E-state index contributed by atoms with van der Waals surface area (Å²) < 4.78 is 16.0. The van der Waals surface area contributed by atoms with E-state index in [0.29, 0.717) is 13.0 Å². The third-order valence-corrected chi connectivity index (χ3v) is 4.40. The Morgan fingerprint density at radius 3 is 2.35 bits per heavy atom. The van der Waals surface area contributed by atoms with E-state index in [9.17, 15) is 4.79 Å². The van der Waals surface area contributed by atoms with Crippen LogP contribution >= 0.6 is 0 Å². The van der Waals surface area contributed by atoms with E-state index in [1.807, 2.05) is 68.1 Å². The number of amides is 1. The van der Waals surface area contributed by atoms with Crippen molar-refractivity contribution in [3.63, 3.8) is 0 Å². The molecule has 0 radical (unpaired) electrons. The van der Waals surface area contributed by atoms with E-state index in [1.165, 1.54) is 0 Å². The van der Waals surface area contributed by atoms with Crippen LogP contribution in [0, 0.1) is 0 Å². The zero-order valence-corrected chi connectivity index (χ0v) is 15.7. The van der Waals surface area contributed by atoms with Gasteiger partial charge in [-0.3, -0.25) is 4.79 Å². The van der Waals surface area contributed by atoms with Crippen molar-refractivity contribution >= 4 is 5.91 Å². The summed E-state index contributed by atoms with van der Waals surface area (Å²) in [5, 5.41) is 0. The van der Waals surface area contributed by atoms with Crippen LogP contribution in [-0.4, -0.2) is 30.2 Å². The van der Waals surface area contributed by atoms with Crippen molar-refractivity contribution in [3.8, 4) is 17.2 Å². The zero-order chi connectivity index (χ0) is 18.7. The lowest BCUT2D eigenvalue weighted by Gasteiger charge is -2.36. The molecule has 0 saturated carbocycles. The summed E-state index contributed by atoms with van der Waals surface area (Å²) in [6, 6.07) is 13.4. The first-order chi connectivity index (χ1) is 12.4. The summed E-state index contributed by atoms with van der Waals surface area (Å²) in [6.07, 6.45) is 0.353. The SMILES string of the molecule is COc1ccc(CC(=O)N(Cc2ccc3c(c2)OCO3)C(C)(C)C)cc1. The summed E-state index contributed by atoms with van der Waals surface area (Å²) >= 11 is 0. The Labute approximate surface area is 154 Å². The third kappa shape index (κ3) is 4.10. The lowest BCUT2D eigenvalue weighted by atomic mass is 10.0. The molecular formula is C21H25NO4. The molecule has 0 N–H and O–H groups in total. The fourth-order valence-electron chi connectivity index (χ4n) is 2.93. The molecule has 0 unspecified atom stereocenters. The van der Waals surface area contributed by atoms with Crippen molar-refractivity contribution < 1.29 is 19.0 Å². The van der Waals surface area contributed by atoms with E-state index in [4.69, 9.17) is 14.2 Å². The smallest absolute Gasteiger partial charge is 0.231 e. The average Bonchev–Trinajstić information content (AvgIpc) is 3.07. The Morgan fingerprint density at radius 2 is 1.69 bits per heavy atom. The molecule has 1 aliphatic rings. The fraction of sp³-hybridized carbons (Fsp3) is 0.381. The highest BCUT2D eigenvalue weighted by molar-refractivity contribution is 5.79. The monoisotopic (exact) mass is 355 g/mol. The number of hydrogen-bond donors (Lipinski definition) is 0. The molecule has 0 bridgehead atoms. The molecule has 138 valence electrons. The number of rotatable bonds is 5. The third-order valence-electron chi connectivity index (χ3n) is 4.40. The highest BCUT2D eigenvalue weighted by Crippen LogP contribution is 2.33. The number of hydrogen-bond acceptors (Lipinski definition) is 4. The van der Waals surface area contributed by atoms with Gasteiger partial charge in [0, 0.05) is 12.1 Å². The Hall–Kier alpha value is -2.69. The predicted molar refractivity (Wildman–Crippen MR) is 99.6 cm³/mol. The van der Waals surface area contributed by atoms with Gasteiger partial charge in [0.2, 0.25) is 12.7 Å². The maximum Gasteiger partial charge on any atom is 0.231 e. The van der Waals surface area contributed by atoms with E-state index >= 15 is 0 Å².